The number of aliphatic carboxylic acids is 1. The molecule has 1 aromatic carbocycles. The molecule has 0 aromatic heterocycles. The zero-order valence-electron chi connectivity index (χ0n) is 10.3. The number of primary amides is 1. The van der Waals surface area contributed by atoms with Crippen LogP contribution < -0.4 is 5.73 Å². The number of carboxylic acid groups (broad SMARTS) is 1. The van der Waals surface area contributed by atoms with E-state index in [0.717, 1.165) is 0 Å². The highest BCUT2D eigenvalue weighted by Crippen LogP contribution is 2.24. The number of halogens is 1. The van der Waals surface area contributed by atoms with Crippen molar-refractivity contribution in [2.24, 2.45) is 5.73 Å². The van der Waals surface area contributed by atoms with Crippen LogP contribution in [0.15, 0.2) is 18.2 Å². The third-order valence-corrected chi connectivity index (χ3v) is 2.61. The van der Waals surface area contributed by atoms with Gasteiger partial charge in [-0.3, -0.25) is 24.6 Å². The number of hydrogen-bond acceptors (Lipinski definition) is 5. The molecule has 108 valence electrons. The van der Waals surface area contributed by atoms with Crippen LogP contribution in [0.25, 0.3) is 0 Å². The molecule has 0 bridgehead atoms. The fourth-order valence-corrected chi connectivity index (χ4v) is 1.83. The highest BCUT2D eigenvalue weighted by molar-refractivity contribution is 6.30. The van der Waals surface area contributed by atoms with Gasteiger partial charge in [-0.1, -0.05) is 11.6 Å². The predicted octanol–water partition coefficient (Wildman–Crippen LogP) is 0.620. The minimum Gasteiger partial charge on any atom is -0.480 e. The van der Waals surface area contributed by atoms with Crippen molar-refractivity contribution in [3.8, 4) is 0 Å². The molecule has 1 aromatic rings. The Labute approximate surface area is 118 Å². The van der Waals surface area contributed by atoms with Crippen LogP contribution in [-0.4, -0.2) is 39.9 Å². The van der Waals surface area contributed by atoms with Crippen LogP contribution in [-0.2, 0) is 16.1 Å². The summed E-state index contributed by atoms with van der Waals surface area (Å²) in [5, 5.41) is 19.9. The standard InChI is InChI=1S/C11H12ClN3O5/c12-8-2-1-7(9(3-8)15(19)20)4-14(5-10(13)16)6-11(17)18/h1-3H,4-6H2,(H2,13,16)(H,17,18). The van der Waals surface area contributed by atoms with Crippen molar-refractivity contribution in [1.82, 2.24) is 4.90 Å². The third kappa shape index (κ3) is 4.82. The van der Waals surface area contributed by atoms with Crippen molar-refractivity contribution in [2.75, 3.05) is 13.1 Å². The molecular formula is C11H12ClN3O5. The molecule has 1 amide bonds. The summed E-state index contributed by atoms with van der Waals surface area (Å²) >= 11 is 5.68. The molecule has 0 saturated carbocycles. The van der Waals surface area contributed by atoms with Gasteiger partial charge in [-0.2, -0.15) is 0 Å². The average Bonchev–Trinajstić information content (AvgIpc) is 2.29. The number of nitro benzene ring substituents is 1. The van der Waals surface area contributed by atoms with Gasteiger partial charge in [-0.05, 0) is 12.1 Å². The fourth-order valence-electron chi connectivity index (χ4n) is 1.66. The number of nitro groups is 1. The van der Waals surface area contributed by atoms with E-state index in [9.17, 15) is 19.7 Å². The Kier molecular flexibility index (Phi) is 5.42. The van der Waals surface area contributed by atoms with Gasteiger partial charge in [0.2, 0.25) is 5.91 Å². The van der Waals surface area contributed by atoms with Gasteiger partial charge in [0.05, 0.1) is 18.0 Å². The smallest absolute Gasteiger partial charge is 0.317 e. The average molecular weight is 302 g/mol. The molecule has 0 aliphatic carbocycles. The first-order valence-corrected chi connectivity index (χ1v) is 5.82. The Morgan fingerprint density at radius 1 is 1.40 bits per heavy atom. The van der Waals surface area contributed by atoms with E-state index < -0.39 is 23.3 Å². The molecule has 0 aliphatic rings. The summed E-state index contributed by atoms with van der Waals surface area (Å²) in [5.74, 6) is -1.88. The molecule has 0 atom stereocenters. The molecule has 3 N–H and O–H groups in total. The highest BCUT2D eigenvalue weighted by Gasteiger charge is 2.19. The third-order valence-electron chi connectivity index (χ3n) is 2.38. The Balaban J connectivity index is 3.00. The highest BCUT2D eigenvalue weighted by atomic mass is 35.5. The molecule has 1 rings (SSSR count). The first-order chi connectivity index (χ1) is 9.29. The molecule has 8 nitrogen and oxygen atoms in total. The number of carbonyl (C=O) groups is 2. The second-order valence-electron chi connectivity index (χ2n) is 4.04. The van der Waals surface area contributed by atoms with Crippen molar-refractivity contribution >= 4 is 29.2 Å². The number of nitrogens with two attached hydrogens (primary N) is 1. The number of hydrogen-bond donors (Lipinski definition) is 2. The Bertz CT molecular complexity index is 533. The normalized spacial score (nSPS) is 10.5. The van der Waals surface area contributed by atoms with Crippen molar-refractivity contribution in [3.63, 3.8) is 0 Å². The van der Waals surface area contributed by atoms with Crippen molar-refractivity contribution in [2.45, 2.75) is 6.54 Å². The Morgan fingerprint density at radius 3 is 2.55 bits per heavy atom. The zero-order valence-corrected chi connectivity index (χ0v) is 11.0. The van der Waals surface area contributed by atoms with Crippen molar-refractivity contribution in [3.05, 3.63) is 38.9 Å². The van der Waals surface area contributed by atoms with Crippen LogP contribution in [0.4, 0.5) is 5.69 Å². The van der Waals surface area contributed by atoms with Crippen LogP contribution >= 0.6 is 11.6 Å². The summed E-state index contributed by atoms with van der Waals surface area (Å²) in [7, 11) is 0. The number of amides is 1. The molecule has 0 fully saturated rings. The van der Waals surface area contributed by atoms with Gasteiger partial charge in [0.15, 0.2) is 0 Å². The maximum atomic E-state index is 10.9. The van der Waals surface area contributed by atoms with E-state index in [2.05, 4.69) is 0 Å². The lowest BCUT2D eigenvalue weighted by molar-refractivity contribution is -0.385. The molecule has 9 heteroatoms. The summed E-state index contributed by atoms with van der Waals surface area (Å²) < 4.78 is 0. The Hall–Kier alpha value is -2.19. The number of carbonyl (C=O) groups excluding carboxylic acids is 1. The lowest BCUT2D eigenvalue weighted by Crippen LogP contribution is -2.37. The topological polar surface area (TPSA) is 127 Å². The lowest BCUT2D eigenvalue weighted by atomic mass is 10.1. The van der Waals surface area contributed by atoms with E-state index in [1.165, 1.54) is 23.1 Å². The largest absolute Gasteiger partial charge is 0.480 e. The summed E-state index contributed by atoms with van der Waals surface area (Å²) in [6, 6.07) is 4.03. The second kappa shape index (κ2) is 6.83. The molecule has 0 spiro atoms. The van der Waals surface area contributed by atoms with E-state index in [1.807, 2.05) is 0 Å². The van der Waals surface area contributed by atoms with Gasteiger partial charge < -0.3 is 10.8 Å². The number of rotatable bonds is 7. The number of carboxylic acids is 1. The van der Waals surface area contributed by atoms with Gasteiger partial charge >= 0.3 is 5.97 Å². The second-order valence-corrected chi connectivity index (χ2v) is 4.47. The first kappa shape index (κ1) is 15.9. The molecule has 0 aliphatic heterocycles. The van der Waals surface area contributed by atoms with Crippen LogP contribution in [0.2, 0.25) is 5.02 Å². The van der Waals surface area contributed by atoms with Gasteiger partial charge in [-0.15, -0.1) is 0 Å². The molecule has 20 heavy (non-hydrogen) atoms. The molecule has 0 radical (unpaired) electrons. The SMILES string of the molecule is NC(=O)CN(CC(=O)O)Cc1ccc(Cl)cc1[N+](=O)[O-]. The van der Waals surface area contributed by atoms with Crippen molar-refractivity contribution < 1.29 is 19.6 Å². The summed E-state index contributed by atoms with van der Waals surface area (Å²) in [5.41, 5.74) is 5.03. The predicted molar refractivity (Wildman–Crippen MR) is 70.2 cm³/mol. The molecular weight excluding hydrogens is 290 g/mol. The monoisotopic (exact) mass is 301 g/mol. The fraction of sp³-hybridized carbons (Fsp3) is 0.273. The van der Waals surface area contributed by atoms with Gasteiger partial charge in [0.25, 0.3) is 5.69 Å². The van der Waals surface area contributed by atoms with Crippen molar-refractivity contribution in [1.29, 1.82) is 0 Å². The number of benzene rings is 1. The lowest BCUT2D eigenvalue weighted by Gasteiger charge is -2.18. The first-order valence-electron chi connectivity index (χ1n) is 5.45. The summed E-state index contributed by atoms with van der Waals surface area (Å²) in [4.78, 5) is 33.1. The zero-order chi connectivity index (χ0) is 15.3. The summed E-state index contributed by atoms with van der Waals surface area (Å²) in [6.07, 6.45) is 0. The van der Waals surface area contributed by atoms with Gasteiger partial charge in [0, 0.05) is 23.2 Å². The van der Waals surface area contributed by atoms with Crippen LogP contribution in [0, 0.1) is 10.1 Å². The minimum absolute atomic E-state index is 0.0945. The quantitative estimate of drug-likeness (QED) is 0.561. The molecule has 0 heterocycles. The van der Waals surface area contributed by atoms with Crippen LogP contribution in [0.3, 0.4) is 0 Å². The summed E-state index contributed by atoms with van der Waals surface area (Å²) in [6.45, 7) is -0.864. The maximum Gasteiger partial charge on any atom is 0.317 e. The van der Waals surface area contributed by atoms with Gasteiger partial charge in [-0.25, -0.2) is 0 Å². The minimum atomic E-state index is -1.16. The van der Waals surface area contributed by atoms with Crippen LogP contribution in [0.5, 0.6) is 0 Å². The van der Waals surface area contributed by atoms with Gasteiger partial charge in [0.1, 0.15) is 0 Å². The van der Waals surface area contributed by atoms with E-state index in [4.69, 9.17) is 22.4 Å². The number of nitrogens with zero attached hydrogens (tertiary/aromatic N) is 2. The molecule has 0 saturated heterocycles. The van der Waals surface area contributed by atoms with E-state index in [1.54, 1.807) is 0 Å². The van der Waals surface area contributed by atoms with E-state index in [-0.39, 0.29) is 29.4 Å². The van der Waals surface area contributed by atoms with E-state index in [0.29, 0.717) is 0 Å². The van der Waals surface area contributed by atoms with E-state index >= 15 is 0 Å². The van der Waals surface area contributed by atoms with Crippen LogP contribution in [0.1, 0.15) is 5.56 Å². The maximum absolute atomic E-state index is 10.9. The Morgan fingerprint density at radius 2 is 2.05 bits per heavy atom. The molecule has 0 unspecified atom stereocenters.